The third-order valence-electron chi connectivity index (χ3n) is 9.13. The van der Waals surface area contributed by atoms with Gasteiger partial charge in [-0.15, -0.1) is 0 Å². The van der Waals surface area contributed by atoms with Crippen LogP contribution >= 0.6 is 0 Å². The summed E-state index contributed by atoms with van der Waals surface area (Å²) < 4.78 is 63.0. The molecule has 0 N–H and O–H groups in total. The standard InChI is InChI=1S/C39H46O11/c1-38(2)47-33-30(45-37-35(34(33)48-38)49-39(3,4)50-37)24-43-31-20-28(42-22-26-16-10-6-11-17-26)32(46-36(40)27-18-12-7-13-19-27)29(44-31)23-41-21-25-14-8-5-9-15-25/h5-19,28-35,37H,20-24H2,1-4H3/t28-,29-,30-,31+,32+,33+,34+,35-,37-/m1/s1. The summed E-state index contributed by atoms with van der Waals surface area (Å²) in [7, 11) is 0. The number of ether oxygens (including phenoxy) is 10. The molecule has 7 rings (SSSR count). The Kier molecular flexibility index (Phi) is 10.7. The van der Waals surface area contributed by atoms with E-state index in [1.807, 2.05) is 94.4 Å². The van der Waals surface area contributed by atoms with Crippen LogP contribution in [0.1, 0.15) is 55.6 Å². The minimum Gasteiger partial charge on any atom is -0.453 e. The summed E-state index contributed by atoms with van der Waals surface area (Å²) in [6, 6.07) is 28.6. The van der Waals surface area contributed by atoms with Crippen LogP contribution in [0.4, 0.5) is 0 Å². The summed E-state index contributed by atoms with van der Waals surface area (Å²) in [5, 5.41) is 0. The molecule has 11 nitrogen and oxygen atoms in total. The van der Waals surface area contributed by atoms with Gasteiger partial charge in [-0.3, -0.25) is 0 Å². The lowest BCUT2D eigenvalue weighted by Gasteiger charge is -2.42. The number of esters is 1. The second-order valence-corrected chi connectivity index (χ2v) is 14.0. The van der Waals surface area contributed by atoms with Gasteiger partial charge in [0.25, 0.3) is 0 Å². The molecule has 268 valence electrons. The fraction of sp³-hybridized carbons (Fsp3) is 0.513. The van der Waals surface area contributed by atoms with E-state index < -0.39 is 72.9 Å². The minimum atomic E-state index is -0.837. The van der Waals surface area contributed by atoms with Crippen molar-refractivity contribution in [1.82, 2.24) is 0 Å². The third kappa shape index (κ3) is 8.45. The molecule has 0 radical (unpaired) electrons. The molecule has 0 spiro atoms. The Labute approximate surface area is 292 Å². The highest BCUT2D eigenvalue weighted by Crippen LogP contribution is 2.44. The Bertz CT molecular complexity index is 1540. The van der Waals surface area contributed by atoms with Crippen molar-refractivity contribution in [2.75, 3.05) is 13.2 Å². The van der Waals surface area contributed by atoms with Gasteiger partial charge in [-0.1, -0.05) is 78.9 Å². The molecule has 4 aliphatic rings. The summed E-state index contributed by atoms with van der Waals surface area (Å²) in [6.07, 6.45) is -4.99. The lowest BCUT2D eigenvalue weighted by Crippen LogP contribution is -2.57. The molecule has 50 heavy (non-hydrogen) atoms. The molecule has 11 heteroatoms. The molecule has 4 saturated heterocycles. The van der Waals surface area contributed by atoms with Crippen LogP contribution in [0.2, 0.25) is 0 Å². The first kappa shape index (κ1) is 35.2. The van der Waals surface area contributed by atoms with Gasteiger partial charge in [0, 0.05) is 6.42 Å². The number of carbonyl (C=O) groups is 1. The first-order valence-electron chi connectivity index (χ1n) is 17.3. The Morgan fingerprint density at radius 2 is 1.26 bits per heavy atom. The molecule has 9 atom stereocenters. The first-order chi connectivity index (χ1) is 24.1. The normalized spacial score (nSPS) is 32.6. The zero-order valence-electron chi connectivity index (χ0n) is 28.9. The summed E-state index contributed by atoms with van der Waals surface area (Å²) in [5.41, 5.74) is 2.43. The van der Waals surface area contributed by atoms with Crippen LogP contribution < -0.4 is 0 Å². The van der Waals surface area contributed by atoms with Gasteiger partial charge in [0.1, 0.15) is 36.6 Å². The van der Waals surface area contributed by atoms with Gasteiger partial charge in [0.05, 0.1) is 32.0 Å². The van der Waals surface area contributed by atoms with Gasteiger partial charge in [-0.05, 0) is 51.0 Å². The van der Waals surface area contributed by atoms with Crippen LogP contribution in [0, 0.1) is 0 Å². The maximum absolute atomic E-state index is 13.4. The van der Waals surface area contributed by atoms with Crippen LogP contribution in [-0.2, 0) is 60.6 Å². The van der Waals surface area contributed by atoms with Crippen molar-refractivity contribution in [1.29, 1.82) is 0 Å². The first-order valence-corrected chi connectivity index (χ1v) is 17.3. The lowest BCUT2D eigenvalue weighted by molar-refractivity contribution is -0.290. The van der Waals surface area contributed by atoms with Crippen LogP contribution in [-0.4, -0.2) is 86.1 Å². The second-order valence-electron chi connectivity index (χ2n) is 14.0. The molecule has 4 fully saturated rings. The van der Waals surface area contributed by atoms with E-state index in [-0.39, 0.29) is 19.6 Å². The average molecular weight is 691 g/mol. The summed E-state index contributed by atoms with van der Waals surface area (Å²) >= 11 is 0. The molecule has 4 aliphatic heterocycles. The molecular formula is C39H46O11. The number of rotatable bonds is 12. The Morgan fingerprint density at radius 3 is 1.96 bits per heavy atom. The smallest absolute Gasteiger partial charge is 0.338 e. The van der Waals surface area contributed by atoms with Crippen LogP contribution in [0.25, 0.3) is 0 Å². The van der Waals surface area contributed by atoms with Crippen molar-refractivity contribution in [3.05, 3.63) is 108 Å². The van der Waals surface area contributed by atoms with E-state index in [9.17, 15) is 4.79 Å². The number of fused-ring (bicyclic) bond motifs is 3. The molecule has 4 heterocycles. The van der Waals surface area contributed by atoms with E-state index in [4.69, 9.17) is 47.4 Å². The van der Waals surface area contributed by atoms with Gasteiger partial charge in [-0.2, -0.15) is 0 Å². The molecule has 0 aromatic heterocycles. The Hall–Kier alpha value is -3.23. The predicted octanol–water partition coefficient (Wildman–Crippen LogP) is 5.54. The van der Waals surface area contributed by atoms with Crippen molar-refractivity contribution in [2.45, 2.75) is 114 Å². The van der Waals surface area contributed by atoms with Crippen LogP contribution in [0.15, 0.2) is 91.0 Å². The van der Waals surface area contributed by atoms with Gasteiger partial charge in [-0.25, -0.2) is 4.79 Å². The quantitative estimate of drug-likeness (QED) is 0.224. The molecule has 0 unspecified atom stereocenters. The van der Waals surface area contributed by atoms with Crippen molar-refractivity contribution in [2.24, 2.45) is 0 Å². The SMILES string of the molecule is CC1(C)O[C@H]2[C@@H](O1)[C@@H](CO[C@@H]1C[C@@H](OCc3ccccc3)[C@H](OC(=O)c3ccccc3)[C@@H](COCc3ccccc3)O1)O[C@@H]1OC(C)(C)O[C@@H]12. The van der Waals surface area contributed by atoms with E-state index in [0.29, 0.717) is 18.8 Å². The monoisotopic (exact) mass is 690 g/mol. The van der Waals surface area contributed by atoms with Gasteiger partial charge < -0.3 is 47.4 Å². The molecule has 0 aliphatic carbocycles. The van der Waals surface area contributed by atoms with Crippen molar-refractivity contribution >= 4 is 5.97 Å². The highest BCUT2D eigenvalue weighted by Gasteiger charge is 2.61. The zero-order valence-corrected chi connectivity index (χ0v) is 28.9. The van der Waals surface area contributed by atoms with Crippen molar-refractivity contribution in [3.8, 4) is 0 Å². The number of benzene rings is 3. The lowest BCUT2D eigenvalue weighted by atomic mass is 9.99. The van der Waals surface area contributed by atoms with Gasteiger partial charge in [0.2, 0.25) is 0 Å². The molecule has 0 saturated carbocycles. The third-order valence-corrected chi connectivity index (χ3v) is 9.13. The predicted molar refractivity (Wildman–Crippen MR) is 179 cm³/mol. The maximum Gasteiger partial charge on any atom is 0.338 e. The van der Waals surface area contributed by atoms with E-state index in [1.165, 1.54) is 0 Å². The van der Waals surface area contributed by atoms with Crippen molar-refractivity contribution in [3.63, 3.8) is 0 Å². The number of carbonyl (C=O) groups excluding carboxylic acids is 1. The second kappa shape index (κ2) is 15.2. The van der Waals surface area contributed by atoms with Crippen LogP contribution in [0.5, 0.6) is 0 Å². The summed E-state index contributed by atoms with van der Waals surface area (Å²) in [6.45, 7) is 8.35. The maximum atomic E-state index is 13.4. The number of hydrogen-bond donors (Lipinski definition) is 0. The fourth-order valence-corrected chi connectivity index (χ4v) is 6.89. The molecule has 3 aromatic carbocycles. The van der Waals surface area contributed by atoms with E-state index in [2.05, 4.69) is 0 Å². The number of hydrogen-bond acceptors (Lipinski definition) is 11. The van der Waals surface area contributed by atoms with Gasteiger partial charge in [0.15, 0.2) is 30.3 Å². The molecule has 0 amide bonds. The van der Waals surface area contributed by atoms with E-state index in [1.54, 1.807) is 24.3 Å². The summed E-state index contributed by atoms with van der Waals surface area (Å²) in [5.74, 6) is -2.14. The molecule has 0 bridgehead atoms. The summed E-state index contributed by atoms with van der Waals surface area (Å²) in [4.78, 5) is 13.4. The van der Waals surface area contributed by atoms with Crippen molar-refractivity contribution < 1.29 is 52.2 Å². The highest BCUT2D eigenvalue weighted by molar-refractivity contribution is 5.89. The highest BCUT2D eigenvalue weighted by atomic mass is 16.9. The largest absolute Gasteiger partial charge is 0.453 e. The molecule has 3 aromatic rings. The van der Waals surface area contributed by atoms with E-state index in [0.717, 1.165) is 11.1 Å². The fourth-order valence-electron chi connectivity index (χ4n) is 6.89. The van der Waals surface area contributed by atoms with Gasteiger partial charge >= 0.3 is 5.97 Å². The Balaban J connectivity index is 1.09. The minimum absolute atomic E-state index is 0.121. The zero-order chi connectivity index (χ0) is 34.7. The van der Waals surface area contributed by atoms with E-state index >= 15 is 0 Å². The van der Waals surface area contributed by atoms with Crippen LogP contribution in [0.3, 0.4) is 0 Å². The molecular weight excluding hydrogens is 644 g/mol. The topological polar surface area (TPSA) is 109 Å². The average Bonchev–Trinajstić information content (AvgIpc) is 3.62. The Morgan fingerprint density at radius 1 is 0.660 bits per heavy atom.